The molecule has 3 aromatic carbocycles. The van der Waals surface area contributed by atoms with Crippen LogP contribution in [0.2, 0.25) is 5.02 Å². The monoisotopic (exact) mass is 401 g/mol. The molecule has 1 aromatic heterocycles. The average molecular weight is 402 g/mol. The van der Waals surface area contributed by atoms with Gasteiger partial charge in [0.15, 0.2) is 0 Å². The van der Waals surface area contributed by atoms with Crippen LogP contribution >= 0.6 is 11.6 Å². The highest BCUT2D eigenvalue weighted by atomic mass is 35.5. The number of hydrogen-bond acceptors (Lipinski definition) is 3. The highest BCUT2D eigenvalue weighted by Crippen LogP contribution is 2.18. The molecule has 0 saturated heterocycles. The van der Waals surface area contributed by atoms with Gasteiger partial charge in [-0.15, -0.1) is 0 Å². The van der Waals surface area contributed by atoms with Gasteiger partial charge in [0.2, 0.25) is 0 Å². The summed E-state index contributed by atoms with van der Waals surface area (Å²) in [5, 5.41) is 3.22. The van der Waals surface area contributed by atoms with Gasteiger partial charge in [-0.2, -0.15) is 0 Å². The Hall–Kier alpha value is -3.70. The van der Waals surface area contributed by atoms with Crippen molar-refractivity contribution in [3.8, 4) is 0 Å². The molecule has 29 heavy (non-hydrogen) atoms. The number of para-hydroxylation sites is 2. The standard InChI is InChI=1S/C23H16ClN3O2/c24-18-9-2-1-8-17(18)22(28)25-16-7-5-6-15(14-16)12-13-21-23(29)27-20-11-4-3-10-19(20)26-21/h1-14H,(H,25,28)(H,27,29)/b13-12+. The number of aromatic nitrogens is 2. The van der Waals surface area contributed by atoms with Crippen molar-refractivity contribution in [2.24, 2.45) is 0 Å². The number of aromatic amines is 1. The van der Waals surface area contributed by atoms with E-state index in [9.17, 15) is 9.59 Å². The Labute approximate surface area is 171 Å². The van der Waals surface area contributed by atoms with Crippen LogP contribution in [0, 0.1) is 0 Å². The molecule has 0 fully saturated rings. The highest BCUT2D eigenvalue weighted by molar-refractivity contribution is 6.34. The Morgan fingerprint density at radius 1 is 0.966 bits per heavy atom. The number of nitrogens with zero attached hydrogens (tertiary/aromatic N) is 1. The molecule has 0 aliphatic heterocycles. The number of amides is 1. The number of rotatable bonds is 4. The molecule has 1 amide bonds. The number of halogens is 1. The van der Waals surface area contributed by atoms with Crippen molar-refractivity contribution in [1.82, 2.24) is 9.97 Å². The molecular weight excluding hydrogens is 386 g/mol. The molecule has 0 aliphatic carbocycles. The lowest BCUT2D eigenvalue weighted by Crippen LogP contribution is -2.12. The van der Waals surface area contributed by atoms with E-state index >= 15 is 0 Å². The molecule has 0 atom stereocenters. The van der Waals surface area contributed by atoms with Gasteiger partial charge in [0.25, 0.3) is 11.5 Å². The molecule has 0 unspecified atom stereocenters. The number of H-pyrrole nitrogens is 1. The van der Waals surface area contributed by atoms with Crippen LogP contribution in [-0.4, -0.2) is 15.9 Å². The Morgan fingerprint density at radius 2 is 1.76 bits per heavy atom. The van der Waals surface area contributed by atoms with E-state index in [0.29, 0.717) is 33.0 Å². The van der Waals surface area contributed by atoms with Crippen molar-refractivity contribution in [1.29, 1.82) is 0 Å². The lowest BCUT2D eigenvalue weighted by atomic mass is 10.1. The third-order valence-electron chi connectivity index (χ3n) is 4.32. The topological polar surface area (TPSA) is 74.8 Å². The molecule has 0 saturated carbocycles. The van der Waals surface area contributed by atoms with E-state index in [0.717, 1.165) is 5.56 Å². The van der Waals surface area contributed by atoms with Gasteiger partial charge in [-0.05, 0) is 48.0 Å². The summed E-state index contributed by atoms with van der Waals surface area (Å²) in [5.74, 6) is -0.288. The summed E-state index contributed by atoms with van der Waals surface area (Å²) in [6, 6.07) is 21.5. The number of nitrogens with one attached hydrogen (secondary N) is 2. The van der Waals surface area contributed by atoms with Gasteiger partial charge in [0.05, 0.1) is 21.6 Å². The van der Waals surface area contributed by atoms with Crippen LogP contribution in [0.15, 0.2) is 77.6 Å². The van der Waals surface area contributed by atoms with Crippen molar-refractivity contribution < 1.29 is 4.79 Å². The predicted octanol–water partition coefficient (Wildman–Crippen LogP) is 5.00. The van der Waals surface area contributed by atoms with Gasteiger partial charge in [-0.3, -0.25) is 9.59 Å². The Balaban J connectivity index is 1.56. The van der Waals surface area contributed by atoms with E-state index in [1.54, 1.807) is 48.6 Å². The second-order valence-corrected chi connectivity index (χ2v) is 6.77. The Bertz CT molecular complexity index is 1290. The van der Waals surface area contributed by atoms with Gasteiger partial charge in [-0.1, -0.05) is 54.1 Å². The van der Waals surface area contributed by atoms with Crippen LogP contribution in [0.3, 0.4) is 0 Å². The number of fused-ring (bicyclic) bond motifs is 1. The molecule has 142 valence electrons. The zero-order valence-corrected chi connectivity index (χ0v) is 16.0. The number of carbonyl (C=O) groups is 1. The Morgan fingerprint density at radius 3 is 2.62 bits per heavy atom. The summed E-state index contributed by atoms with van der Waals surface area (Å²) in [7, 11) is 0. The molecule has 0 bridgehead atoms. The minimum absolute atomic E-state index is 0.261. The number of anilines is 1. The first-order chi connectivity index (χ1) is 14.1. The first-order valence-electron chi connectivity index (χ1n) is 8.93. The van der Waals surface area contributed by atoms with Gasteiger partial charge in [0, 0.05) is 5.69 Å². The van der Waals surface area contributed by atoms with E-state index in [4.69, 9.17) is 11.6 Å². The first-order valence-corrected chi connectivity index (χ1v) is 9.31. The quantitative estimate of drug-likeness (QED) is 0.505. The van der Waals surface area contributed by atoms with Crippen molar-refractivity contribution >= 4 is 46.4 Å². The molecule has 0 radical (unpaired) electrons. The lowest BCUT2D eigenvalue weighted by Gasteiger charge is -2.07. The van der Waals surface area contributed by atoms with Crippen LogP contribution in [-0.2, 0) is 0 Å². The van der Waals surface area contributed by atoms with E-state index in [1.165, 1.54) is 0 Å². The molecule has 6 heteroatoms. The van der Waals surface area contributed by atoms with Crippen LogP contribution < -0.4 is 10.9 Å². The van der Waals surface area contributed by atoms with Crippen LogP contribution in [0.1, 0.15) is 21.6 Å². The molecular formula is C23H16ClN3O2. The maximum Gasteiger partial charge on any atom is 0.274 e. The SMILES string of the molecule is O=C(Nc1cccc(/C=C/c2nc3ccccc3[nH]c2=O)c1)c1ccccc1Cl. The highest BCUT2D eigenvalue weighted by Gasteiger charge is 2.09. The zero-order valence-electron chi connectivity index (χ0n) is 15.2. The number of benzene rings is 3. The summed E-state index contributed by atoms with van der Waals surface area (Å²) in [6.07, 6.45) is 3.43. The maximum atomic E-state index is 12.4. The predicted molar refractivity (Wildman–Crippen MR) is 117 cm³/mol. The van der Waals surface area contributed by atoms with Gasteiger partial charge in [0.1, 0.15) is 5.69 Å². The third-order valence-corrected chi connectivity index (χ3v) is 4.65. The van der Waals surface area contributed by atoms with Crippen LogP contribution in [0.5, 0.6) is 0 Å². The van der Waals surface area contributed by atoms with Gasteiger partial charge in [-0.25, -0.2) is 4.98 Å². The fourth-order valence-electron chi connectivity index (χ4n) is 2.90. The van der Waals surface area contributed by atoms with E-state index in [1.807, 2.05) is 36.4 Å². The number of hydrogen-bond donors (Lipinski definition) is 2. The van der Waals surface area contributed by atoms with Gasteiger partial charge < -0.3 is 10.3 Å². The maximum absolute atomic E-state index is 12.4. The first kappa shape index (κ1) is 18.7. The minimum Gasteiger partial charge on any atom is -0.322 e. The summed E-state index contributed by atoms with van der Waals surface area (Å²) < 4.78 is 0. The van der Waals surface area contributed by atoms with Crippen LogP contribution in [0.25, 0.3) is 23.2 Å². The van der Waals surface area contributed by atoms with E-state index in [-0.39, 0.29) is 11.5 Å². The fourth-order valence-corrected chi connectivity index (χ4v) is 3.12. The van der Waals surface area contributed by atoms with Crippen molar-refractivity contribution in [2.45, 2.75) is 0 Å². The smallest absolute Gasteiger partial charge is 0.274 e. The second kappa shape index (κ2) is 8.12. The summed E-state index contributed by atoms with van der Waals surface area (Å²) in [4.78, 5) is 31.9. The average Bonchev–Trinajstić information content (AvgIpc) is 2.73. The molecule has 4 aromatic rings. The molecule has 2 N–H and O–H groups in total. The molecule has 0 aliphatic rings. The summed E-state index contributed by atoms with van der Waals surface area (Å²) in [6.45, 7) is 0. The largest absolute Gasteiger partial charge is 0.322 e. The lowest BCUT2D eigenvalue weighted by molar-refractivity contribution is 0.102. The second-order valence-electron chi connectivity index (χ2n) is 6.36. The Kier molecular flexibility index (Phi) is 5.22. The van der Waals surface area contributed by atoms with E-state index < -0.39 is 0 Å². The van der Waals surface area contributed by atoms with Gasteiger partial charge >= 0.3 is 0 Å². The molecule has 5 nitrogen and oxygen atoms in total. The molecule has 1 heterocycles. The number of carbonyl (C=O) groups excluding carboxylic acids is 1. The van der Waals surface area contributed by atoms with Crippen molar-refractivity contribution in [3.05, 3.63) is 105 Å². The summed E-state index contributed by atoms with van der Waals surface area (Å²) in [5.41, 5.74) is 3.31. The fraction of sp³-hybridized carbons (Fsp3) is 0. The normalized spacial score (nSPS) is 11.1. The van der Waals surface area contributed by atoms with E-state index in [2.05, 4.69) is 15.3 Å². The summed E-state index contributed by atoms with van der Waals surface area (Å²) >= 11 is 6.08. The zero-order chi connectivity index (χ0) is 20.2. The minimum atomic E-state index is -0.288. The van der Waals surface area contributed by atoms with Crippen LogP contribution in [0.4, 0.5) is 5.69 Å². The van der Waals surface area contributed by atoms with Crippen molar-refractivity contribution in [3.63, 3.8) is 0 Å². The van der Waals surface area contributed by atoms with Crippen molar-refractivity contribution in [2.75, 3.05) is 5.32 Å². The molecule has 0 spiro atoms. The molecule has 4 rings (SSSR count). The third kappa shape index (κ3) is 4.25.